The molecule has 1 aliphatic heterocycles. The van der Waals surface area contributed by atoms with E-state index in [1.54, 1.807) is 0 Å². The van der Waals surface area contributed by atoms with Crippen molar-refractivity contribution in [3.05, 3.63) is 18.5 Å². The van der Waals surface area contributed by atoms with Crippen LogP contribution in [0, 0.1) is 0 Å². The molecule has 2 heterocycles. The van der Waals surface area contributed by atoms with Gasteiger partial charge in [0.2, 0.25) is 0 Å². The molecule has 2 atom stereocenters. The Morgan fingerprint density at radius 2 is 2.25 bits per heavy atom. The maximum atomic E-state index is 5.52. The average molecular weight is 221 g/mol. The van der Waals surface area contributed by atoms with Crippen LogP contribution in [-0.2, 0) is 4.74 Å². The van der Waals surface area contributed by atoms with Gasteiger partial charge in [-0.25, -0.2) is 0 Å². The molecule has 0 saturated carbocycles. The summed E-state index contributed by atoms with van der Waals surface area (Å²) in [6.45, 7) is 5.94. The van der Waals surface area contributed by atoms with E-state index in [9.17, 15) is 0 Å². The third-order valence-electron chi connectivity index (χ3n) is 2.85. The van der Waals surface area contributed by atoms with Crippen molar-refractivity contribution in [3.63, 3.8) is 0 Å². The maximum absolute atomic E-state index is 5.52. The molecule has 1 fully saturated rings. The van der Waals surface area contributed by atoms with Crippen LogP contribution in [-0.4, -0.2) is 30.3 Å². The Bertz CT molecular complexity index is 343. The number of pyridine rings is 1. The molecule has 1 saturated heterocycles. The van der Waals surface area contributed by atoms with E-state index in [-0.39, 0.29) is 6.10 Å². The molecule has 4 nitrogen and oxygen atoms in total. The molecule has 0 aromatic carbocycles. The van der Waals surface area contributed by atoms with Crippen LogP contribution in [0.4, 0.5) is 11.4 Å². The van der Waals surface area contributed by atoms with Crippen molar-refractivity contribution in [3.8, 4) is 0 Å². The number of hydrogen-bond acceptors (Lipinski definition) is 4. The predicted octanol–water partition coefficient (Wildman–Crippen LogP) is 2.10. The Morgan fingerprint density at radius 1 is 1.44 bits per heavy atom. The fraction of sp³-hybridized carbons (Fsp3) is 0.583. The molecule has 0 aliphatic carbocycles. The van der Waals surface area contributed by atoms with Crippen LogP contribution >= 0.6 is 0 Å². The average Bonchev–Trinajstić information content (AvgIpc) is 2.66. The number of hydrogen-bond donors (Lipinski definition) is 2. The van der Waals surface area contributed by atoms with Crippen molar-refractivity contribution in [1.29, 1.82) is 0 Å². The van der Waals surface area contributed by atoms with Gasteiger partial charge in [-0.15, -0.1) is 0 Å². The Labute approximate surface area is 96.4 Å². The third-order valence-corrected chi connectivity index (χ3v) is 2.85. The highest BCUT2D eigenvalue weighted by atomic mass is 16.5. The van der Waals surface area contributed by atoms with E-state index in [0.717, 1.165) is 30.9 Å². The molecule has 1 aliphatic rings. The zero-order valence-corrected chi connectivity index (χ0v) is 9.86. The van der Waals surface area contributed by atoms with Crippen LogP contribution in [0.25, 0.3) is 0 Å². The van der Waals surface area contributed by atoms with Gasteiger partial charge in [-0.05, 0) is 26.3 Å². The van der Waals surface area contributed by atoms with Gasteiger partial charge >= 0.3 is 0 Å². The first-order chi connectivity index (χ1) is 7.79. The van der Waals surface area contributed by atoms with Crippen LogP contribution in [0.15, 0.2) is 18.5 Å². The van der Waals surface area contributed by atoms with Gasteiger partial charge in [-0.3, -0.25) is 4.98 Å². The lowest BCUT2D eigenvalue weighted by molar-refractivity contribution is 0.121. The fourth-order valence-corrected chi connectivity index (χ4v) is 1.96. The van der Waals surface area contributed by atoms with Gasteiger partial charge in [0.15, 0.2) is 0 Å². The first-order valence-corrected chi connectivity index (χ1v) is 5.86. The van der Waals surface area contributed by atoms with Crippen molar-refractivity contribution in [2.75, 3.05) is 23.8 Å². The first kappa shape index (κ1) is 11.2. The lowest BCUT2D eigenvalue weighted by atomic mass is 10.1. The maximum Gasteiger partial charge on any atom is 0.0748 e. The highest BCUT2D eigenvalue weighted by Crippen LogP contribution is 2.20. The smallest absolute Gasteiger partial charge is 0.0748 e. The van der Waals surface area contributed by atoms with Crippen molar-refractivity contribution in [2.45, 2.75) is 32.4 Å². The van der Waals surface area contributed by atoms with Gasteiger partial charge in [-0.2, -0.15) is 0 Å². The van der Waals surface area contributed by atoms with E-state index in [2.05, 4.69) is 35.5 Å². The molecule has 1 aromatic rings. The largest absolute Gasteiger partial charge is 0.384 e. The minimum absolute atomic E-state index is 0.280. The molecule has 0 spiro atoms. The summed E-state index contributed by atoms with van der Waals surface area (Å²) in [6.07, 6.45) is 5.03. The quantitative estimate of drug-likeness (QED) is 0.817. The zero-order valence-electron chi connectivity index (χ0n) is 9.86. The molecule has 0 bridgehead atoms. The molecular weight excluding hydrogens is 202 g/mol. The van der Waals surface area contributed by atoms with E-state index in [4.69, 9.17) is 4.74 Å². The normalized spacial score (nSPS) is 24.4. The minimum Gasteiger partial charge on any atom is -0.384 e. The van der Waals surface area contributed by atoms with Crippen molar-refractivity contribution >= 4 is 11.4 Å². The monoisotopic (exact) mass is 221 g/mol. The van der Waals surface area contributed by atoms with Gasteiger partial charge in [0.05, 0.1) is 35.9 Å². The summed E-state index contributed by atoms with van der Waals surface area (Å²) >= 11 is 0. The van der Waals surface area contributed by atoms with Crippen molar-refractivity contribution in [2.24, 2.45) is 0 Å². The fourth-order valence-electron chi connectivity index (χ4n) is 1.96. The van der Waals surface area contributed by atoms with Gasteiger partial charge in [0, 0.05) is 13.2 Å². The number of rotatable bonds is 4. The van der Waals surface area contributed by atoms with Gasteiger partial charge < -0.3 is 15.4 Å². The van der Waals surface area contributed by atoms with Crippen LogP contribution in [0.3, 0.4) is 0 Å². The Balaban J connectivity index is 2.00. The van der Waals surface area contributed by atoms with E-state index in [1.165, 1.54) is 0 Å². The van der Waals surface area contributed by atoms with Gasteiger partial charge in [0.1, 0.15) is 0 Å². The standard InChI is InChI=1S/C12H19N3O/c1-3-14-10-6-11(8-13-7-10)15-12-4-5-16-9(12)2/h6-9,12,14-15H,3-5H2,1-2H3. The Kier molecular flexibility index (Phi) is 3.62. The summed E-state index contributed by atoms with van der Waals surface area (Å²) in [5, 5.41) is 6.71. The SMILES string of the molecule is CCNc1cncc(NC2CCOC2C)c1. The second-order valence-electron chi connectivity index (χ2n) is 4.11. The molecule has 2 rings (SSSR count). The predicted molar refractivity (Wildman–Crippen MR) is 65.8 cm³/mol. The zero-order chi connectivity index (χ0) is 11.4. The van der Waals surface area contributed by atoms with E-state index in [0.29, 0.717) is 6.04 Å². The lowest BCUT2D eigenvalue weighted by Crippen LogP contribution is -2.26. The summed E-state index contributed by atoms with van der Waals surface area (Å²) < 4.78 is 5.52. The van der Waals surface area contributed by atoms with Crippen LogP contribution < -0.4 is 10.6 Å². The first-order valence-electron chi connectivity index (χ1n) is 5.86. The highest BCUT2D eigenvalue weighted by Gasteiger charge is 2.23. The number of aromatic nitrogens is 1. The number of nitrogens with one attached hydrogen (secondary N) is 2. The molecule has 1 aromatic heterocycles. The lowest BCUT2D eigenvalue weighted by Gasteiger charge is -2.17. The summed E-state index contributed by atoms with van der Waals surface area (Å²) in [5.41, 5.74) is 2.11. The molecule has 0 radical (unpaired) electrons. The van der Waals surface area contributed by atoms with Gasteiger partial charge in [-0.1, -0.05) is 0 Å². The molecule has 0 amide bonds. The highest BCUT2D eigenvalue weighted by molar-refractivity contribution is 5.54. The summed E-state index contributed by atoms with van der Waals surface area (Å²) in [4.78, 5) is 4.20. The Morgan fingerprint density at radius 3 is 2.94 bits per heavy atom. The van der Waals surface area contributed by atoms with E-state index < -0.39 is 0 Å². The van der Waals surface area contributed by atoms with Crippen LogP contribution in [0.2, 0.25) is 0 Å². The van der Waals surface area contributed by atoms with E-state index in [1.807, 2.05) is 12.4 Å². The number of nitrogens with zero attached hydrogens (tertiary/aromatic N) is 1. The second kappa shape index (κ2) is 5.16. The topological polar surface area (TPSA) is 46.2 Å². The summed E-state index contributed by atoms with van der Waals surface area (Å²) in [5.74, 6) is 0. The summed E-state index contributed by atoms with van der Waals surface area (Å²) in [7, 11) is 0. The number of anilines is 2. The molecule has 2 unspecified atom stereocenters. The molecule has 2 N–H and O–H groups in total. The molecule has 4 heteroatoms. The summed E-state index contributed by atoms with van der Waals surface area (Å²) in [6, 6.07) is 2.49. The van der Waals surface area contributed by atoms with E-state index >= 15 is 0 Å². The van der Waals surface area contributed by atoms with Crippen LogP contribution in [0.1, 0.15) is 20.3 Å². The molecular formula is C12H19N3O. The van der Waals surface area contributed by atoms with Crippen molar-refractivity contribution < 1.29 is 4.74 Å². The molecule has 88 valence electrons. The second-order valence-corrected chi connectivity index (χ2v) is 4.11. The minimum atomic E-state index is 0.280. The van der Waals surface area contributed by atoms with Gasteiger partial charge in [0.25, 0.3) is 0 Å². The Hall–Kier alpha value is -1.29. The molecule has 16 heavy (non-hydrogen) atoms. The third kappa shape index (κ3) is 2.64. The number of ether oxygens (including phenoxy) is 1. The van der Waals surface area contributed by atoms with Crippen molar-refractivity contribution in [1.82, 2.24) is 4.98 Å². The van der Waals surface area contributed by atoms with Crippen LogP contribution in [0.5, 0.6) is 0 Å².